The summed E-state index contributed by atoms with van der Waals surface area (Å²) < 4.78 is 5.07. The molecule has 3 N–H and O–H groups in total. The van der Waals surface area contributed by atoms with E-state index in [1.165, 1.54) is 0 Å². The van der Waals surface area contributed by atoms with Gasteiger partial charge in [-0.05, 0) is 17.2 Å². The molecular weight excluding hydrogens is 202 g/mol. The van der Waals surface area contributed by atoms with Crippen LogP contribution in [0.1, 0.15) is 17.2 Å². The fraction of sp³-hybridized carbons (Fsp3) is 0.400. The van der Waals surface area contributed by atoms with Crippen LogP contribution in [0.25, 0.3) is 0 Å². The molecule has 3 nitrogen and oxygen atoms in total. The van der Waals surface area contributed by atoms with E-state index in [0.717, 1.165) is 11.1 Å². The van der Waals surface area contributed by atoms with Gasteiger partial charge in [-0.2, -0.15) is 0 Å². The Bertz CT molecular complexity index is 300. The molecule has 0 radical (unpaired) electrons. The fourth-order valence-electron chi connectivity index (χ4n) is 1.25. The summed E-state index contributed by atoms with van der Waals surface area (Å²) in [6, 6.07) is 5.48. The van der Waals surface area contributed by atoms with Gasteiger partial charge < -0.3 is 15.6 Å². The molecule has 1 unspecified atom stereocenters. The first-order chi connectivity index (χ1) is 6.72. The molecule has 0 heterocycles. The molecule has 0 aromatic heterocycles. The minimum Gasteiger partial charge on any atom is -0.393 e. The normalized spacial score (nSPS) is 12.9. The highest BCUT2D eigenvalue weighted by atomic mass is 35.5. The molecule has 1 aromatic carbocycles. The Labute approximate surface area is 88.4 Å². The number of nitrogens with two attached hydrogens (primary N) is 1. The van der Waals surface area contributed by atoms with Gasteiger partial charge in [-0.25, -0.2) is 0 Å². The molecule has 1 atom stereocenters. The van der Waals surface area contributed by atoms with Crippen molar-refractivity contribution in [2.45, 2.75) is 12.6 Å². The third-order valence-corrected chi connectivity index (χ3v) is 2.47. The second kappa shape index (κ2) is 5.32. The van der Waals surface area contributed by atoms with E-state index < -0.39 is 0 Å². The first-order valence-corrected chi connectivity index (χ1v) is 4.72. The van der Waals surface area contributed by atoms with Crippen LogP contribution < -0.4 is 5.73 Å². The van der Waals surface area contributed by atoms with E-state index >= 15 is 0 Å². The van der Waals surface area contributed by atoms with Crippen LogP contribution in [0.4, 0.5) is 0 Å². The van der Waals surface area contributed by atoms with E-state index in [1.54, 1.807) is 13.2 Å². The van der Waals surface area contributed by atoms with Gasteiger partial charge in [-0.1, -0.05) is 23.7 Å². The highest BCUT2D eigenvalue weighted by Gasteiger charge is 2.10. The molecule has 0 aliphatic heterocycles. The number of aliphatic hydroxyl groups is 1. The maximum Gasteiger partial charge on any atom is 0.105 e. The number of methoxy groups -OCH3 is 1. The van der Waals surface area contributed by atoms with Crippen molar-refractivity contribution in [3.8, 4) is 0 Å². The molecule has 0 saturated carbocycles. The molecule has 0 bridgehead atoms. The number of hydrogen-bond donors (Lipinski definition) is 2. The second-order valence-electron chi connectivity index (χ2n) is 2.96. The van der Waals surface area contributed by atoms with Gasteiger partial charge in [0.1, 0.15) is 6.10 Å². The van der Waals surface area contributed by atoms with Crippen molar-refractivity contribution in [1.29, 1.82) is 0 Å². The lowest BCUT2D eigenvalue weighted by Gasteiger charge is -2.13. The molecule has 0 spiro atoms. The average Bonchev–Trinajstić information content (AvgIpc) is 2.20. The molecule has 1 aromatic rings. The van der Waals surface area contributed by atoms with E-state index in [9.17, 15) is 0 Å². The number of aliphatic hydroxyl groups excluding tert-OH is 1. The Hall–Kier alpha value is -0.610. The Morgan fingerprint density at radius 2 is 2.29 bits per heavy atom. The standard InChI is InChI=1S/C10H14ClNO2/c1-14-10(6-13)7-2-3-8(5-12)9(11)4-7/h2-4,10,13H,5-6,12H2,1H3. The summed E-state index contributed by atoms with van der Waals surface area (Å²) in [5, 5.41) is 9.62. The number of hydrogen-bond acceptors (Lipinski definition) is 3. The largest absolute Gasteiger partial charge is 0.393 e. The summed E-state index contributed by atoms with van der Waals surface area (Å²) in [6.45, 7) is 0.352. The maximum atomic E-state index is 9.00. The summed E-state index contributed by atoms with van der Waals surface area (Å²) in [7, 11) is 1.55. The van der Waals surface area contributed by atoms with Crippen molar-refractivity contribution in [2.24, 2.45) is 5.73 Å². The third-order valence-electron chi connectivity index (χ3n) is 2.12. The van der Waals surface area contributed by atoms with Crippen LogP contribution in [0.2, 0.25) is 5.02 Å². The topological polar surface area (TPSA) is 55.5 Å². The lowest BCUT2D eigenvalue weighted by Crippen LogP contribution is -2.07. The van der Waals surface area contributed by atoms with Crippen LogP contribution in [0.5, 0.6) is 0 Å². The Kier molecular flexibility index (Phi) is 4.35. The first-order valence-electron chi connectivity index (χ1n) is 4.35. The van der Waals surface area contributed by atoms with Gasteiger partial charge in [0, 0.05) is 18.7 Å². The molecule has 4 heteroatoms. The van der Waals surface area contributed by atoms with Gasteiger partial charge in [-0.3, -0.25) is 0 Å². The molecule has 0 amide bonds. The summed E-state index contributed by atoms with van der Waals surface area (Å²) >= 11 is 5.97. The Morgan fingerprint density at radius 3 is 2.71 bits per heavy atom. The summed E-state index contributed by atoms with van der Waals surface area (Å²) in [5.74, 6) is 0. The maximum absolute atomic E-state index is 9.00. The predicted molar refractivity (Wildman–Crippen MR) is 56.2 cm³/mol. The van der Waals surface area contributed by atoms with Crippen LogP contribution in [0.3, 0.4) is 0 Å². The van der Waals surface area contributed by atoms with E-state index in [-0.39, 0.29) is 12.7 Å². The molecule has 0 fully saturated rings. The quantitative estimate of drug-likeness (QED) is 0.800. The minimum absolute atomic E-state index is 0.0607. The van der Waals surface area contributed by atoms with E-state index in [1.807, 2.05) is 12.1 Å². The molecule has 14 heavy (non-hydrogen) atoms. The van der Waals surface area contributed by atoms with E-state index in [2.05, 4.69) is 0 Å². The van der Waals surface area contributed by atoms with Crippen LogP contribution >= 0.6 is 11.6 Å². The van der Waals surface area contributed by atoms with Crippen molar-refractivity contribution in [1.82, 2.24) is 0 Å². The van der Waals surface area contributed by atoms with Gasteiger partial charge >= 0.3 is 0 Å². The zero-order chi connectivity index (χ0) is 10.6. The van der Waals surface area contributed by atoms with Crippen molar-refractivity contribution in [3.63, 3.8) is 0 Å². The monoisotopic (exact) mass is 215 g/mol. The molecule has 0 aliphatic carbocycles. The summed E-state index contributed by atoms with van der Waals surface area (Å²) in [4.78, 5) is 0. The van der Waals surface area contributed by atoms with Crippen molar-refractivity contribution in [3.05, 3.63) is 34.3 Å². The molecule has 0 saturated heterocycles. The van der Waals surface area contributed by atoms with Gasteiger partial charge in [0.05, 0.1) is 6.61 Å². The van der Waals surface area contributed by atoms with Crippen LogP contribution in [0.15, 0.2) is 18.2 Å². The molecular formula is C10H14ClNO2. The van der Waals surface area contributed by atoms with Gasteiger partial charge in [-0.15, -0.1) is 0 Å². The van der Waals surface area contributed by atoms with Crippen molar-refractivity contribution >= 4 is 11.6 Å². The lowest BCUT2D eigenvalue weighted by atomic mass is 10.1. The first kappa shape index (κ1) is 11.5. The van der Waals surface area contributed by atoms with Crippen molar-refractivity contribution < 1.29 is 9.84 Å². The zero-order valence-electron chi connectivity index (χ0n) is 8.03. The number of rotatable bonds is 4. The number of benzene rings is 1. The van der Waals surface area contributed by atoms with Gasteiger partial charge in [0.15, 0.2) is 0 Å². The minimum atomic E-state index is -0.320. The van der Waals surface area contributed by atoms with E-state index in [0.29, 0.717) is 11.6 Å². The molecule has 1 rings (SSSR count). The predicted octanol–water partition coefficient (Wildman–Crippen LogP) is 1.48. The average molecular weight is 216 g/mol. The van der Waals surface area contributed by atoms with Crippen LogP contribution in [-0.2, 0) is 11.3 Å². The molecule has 0 aliphatic rings. The fourth-order valence-corrected chi connectivity index (χ4v) is 1.51. The van der Waals surface area contributed by atoms with E-state index in [4.69, 9.17) is 27.2 Å². The number of ether oxygens (including phenoxy) is 1. The number of halogens is 1. The lowest BCUT2D eigenvalue weighted by molar-refractivity contribution is 0.0484. The summed E-state index contributed by atoms with van der Waals surface area (Å²) in [5.41, 5.74) is 7.23. The third kappa shape index (κ3) is 2.45. The second-order valence-corrected chi connectivity index (χ2v) is 3.37. The molecule has 78 valence electrons. The summed E-state index contributed by atoms with van der Waals surface area (Å²) in [6.07, 6.45) is -0.320. The SMILES string of the molecule is COC(CO)c1ccc(CN)c(Cl)c1. The Balaban J connectivity index is 2.95. The highest BCUT2D eigenvalue weighted by Crippen LogP contribution is 2.23. The van der Waals surface area contributed by atoms with Gasteiger partial charge in [0.2, 0.25) is 0 Å². The van der Waals surface area contributed by atoms with Gasteiger partial charge in [0.25, 0.3) is 0 Å². The smallest absolute Gasteiger partial charge is 0.105 e. The van der Waals surface area contributed by atoms with Crippen LogP contribution in [0, 0.1) is 0 Å². The highest BCUT2D eigenvalue weighted by molar-refractivity contribution is 6.31. The Morgan fingerprint density at radius 1 is 1.57 bits per heavy atom. The zero-order valence-corrected chi connectivity index (χ0v) is 8.79. The van der Waals surface area contributed by atoms with Crippen molar-refractivity contribution in [2.75, 3.05) is 13.7 Å². The van der Waals surface area contributed by atoms with Crippen LogP contribution in [-0.4, -0.2) is 18.8 Å².